The molecule has 1 saturated heterocycles. The number of aromatic amines is 1. The van der Waals surface area contributed by atoms with Crippen molar-refractivity contribution >= 4 is 11.8 Å². The van der Waals surface area contributed by atoms with E-state index in [-0.39, 0.29) is 17.2 Å². The summed E-state index contributed by atoms with van der Waals surface area (Å²) in [6, 6.07) is 0. The highest BCUT2D eigenvalue weighted by Gasteiger charge is 2.34. The molecule has 2 rings (SSSR count). The molecular weight excluding hydrogens is 244 g/mol. The summed E-state index contributed by atoms with van der Waals surface area (Å²) in [6.07, 6.45) is 1.25. The molecule has 1 fully saturated rings. The molecule has 0 aliphatic carbocycles. The van der Waals surface area contributed by atoms with E-state index in [9.17, 15) is 14.7 Å². The number of hydrogen-bond acceptors (Lipinski definition) is 5. The molecule has 0 radical (unpaired) electrons. The Balaban J connectivity index is 2.34. The molecule has 3 N–H and O–H groups in total. The van der Waals surface area contributed by atoms with Crippen LogP contribution in [0.25, 0.3) is 0 Å². The first-order valence-electron chi connectivity index (χ1n) is 5.29. The molecule has 0 spiro atoms. The molecule has 0 bridgehead atoms. The van der Waals surface area contributed by atoms with Crippen molar-refractivity contribution in [1.82, 2.24) is 9.55 Å². The molecule has 1 aromatic heterocycles. The fourth-order valence-corrected chi connectivity index (χ4v) is 3.23. The first-order chi connectivity index (χ1) is 8.02. The van der Waals surface area contributed by atoms with E-state index >= 15 is 0 Å². The van der Waals surface area contributed by atoms with E-state index in [0.717, 1.165) is 0 Å². The maximum atomic E-state index is 11.6. The second-order valence-electron chi connectivity index (χ2n) is 4.09. The van der Waals surface area contributed by atoms with Gasteiger partial charge in [0.25, 0.3) is 5.56 Å². The van der Waals surface area contributed by atoms with Gasteiger partial charge < -0.3 is 10.2 Å². The summed E-state index contributed by atoms with van der Waals surface area (Å²) in [6.45, 7) is 1.49. The van der Waals surface area contributed by atoms with Gasteiger partial charge >= 0.3 is 5.69 Å². The van der Waals surface area contributed by atoms with Crippen LogP contribution in [0.3, 0.4) is 0 Å². The average Bonchev–Trinajstić information content (AvgIpc) is 2.65. The van der Waals surface area contributed by atoms with Crippen LogP contribution in [0.4, 0.5) is 0 Å². The van der Waals surface area contributed by atoms with Crippen molar-refractivity contribution in [3.8, 4) is 0 Å². The SMILES string of the molecule is Cc1cn([C@H]2C[C@H](O)[C@@H](CO)S2)c(=O)[nH]c1=O. The number of aliphatic hydroxyl groups excluding tert-OH is 2. The van der Waals surface area contributed by atoms with E-state index < -0.39 is 17.4 Å². The van der Waals surface area contributed by atoms with Crippen molar-refractivity contribution in [2.75, 3.05) is 6.61 Å². The lowest BCUT2D eigenvalue weighted by atomic mass is 10.2. The molecular formula is C10H14N2O4S. The molecule has 0 unspecified atom stereocenters. The summed E-state index contributed by atoms with van der Waals surface area (Å²) >= 11 is 1.34. The zero-order valence-electron chi connectivity index (χ0n) is 9.29. The van der Waals surface area contributed by atoms with Crippen molar-refractivity contribution in [2.24, 2.45) is 0 Å². The summed E-state index contributed by atoms with van der Waals surface area (Å²) in [7, 11) is 0. The molecule has 94 valence electrons. The Morgan fingerprint density at radius 1 is 1.59 bits per heavy atom. The van der Waals surface area contributed by atoms with Crippen LogP contribution in [0.1, 0.15) is 17.4 Å². The lowest BCUT2D eigenvalue weighted by molar-refractivity contribution is 0.137. The van der Waals surface area contributed by atoms with E-state index in [1.165, 1.54) is 22.5 Å². The number of aromatic nitrogens is 2. The monoisotopic (exact) mass is 258 g/mol. The quantitative estimate of drug-likeness (QED) is 0.645. The third-order valence-corrected chi connectivity index (χ3v) is 4.39. The van der Waals surface area contributed by atoms with Gasteiger partial charge in [-0.05, 0) is 6.92 Å². The minimum absolute atomic E-state index is 0.126. The van der Waals surface area contributed by atoms with E-state index in [0.29, 0.717) is 12.0 Å². The molecule has 6 nitrogen and oxygen atoms in total. The van der Waals surface area contributed by atoms with Gasteiger partial charge in [0.2, 0.25) is 0 Å². The predicted molar refractivity (Wildman–Crippen MR) is 64.2 cm³/mol. The van der Waals surface area contributed by atoms with Crippen LogP contribution in [0.5, 0.6) is 0 Å². The zero-order chi connectivity index (χ0) is 12.6. The van der Waals surface area contributed by atoms with Crippen LogP contribution in [-0.4, -0.2) is 37.7 Å². The number of thioether (sulfide) groups is 1. The first-order valence-corrected chi connectivity index (χ1v) is 6.23. The van der Waals surface area contributed by atoms with Crippen LogP contribution >= 0.6 is 11.8 Å². The van der Waals surface area contributed by atoms with Crippen LogP contribution in [-0.2, 0) is 0 Å². The molecule has 2 heterocycles. The van der Waals surface area contributed by atoms with Gasteiger partial charge in [0.05, 0.1) is 23.3 Å². The maximum absolute atomic E-state index is 11.6. The van der Waals surface area contributed by atoms with Crippen LogP contribution in [0, 0.1) is 6.92 Å². The topological polar surface area (TPSA) is 95.3 Å². The fourth-order valence-electron chi connectivity index (χ4n) is 1.85. The highest BCUT2D eigenvalue weighted by atomic mass is 32.2. The number of aliphatic hydroxyl groups is 2. The normalized spacial score (nSPS) is 28.5. The van der Waals surface area contributed by atoms with Crippen LogP contribution in [0.2, 0.25) is 0 Å². The standard InChI is InChI=1S/C10H14N2O4S/c1-5-3-12(10(16)11-9(5)15)8-2-6(14)7(4-13)17-8/h3,6-8,13-14H,2,4H2,1H3,(H,11,15,16)/t6-,7+,8+/m0/s1. The minimum atomic E-state index is -0.630. The summed E-state index contributed by atoms with van der Waals surface area (Å²) in [5.41, 5.74) is -0.426. The van der Waals surface area contributed by atoms with Crippen LogP contribution in [0.15, 0.2) is 15.8 Å². The van der Waals surface area contributed by atoms with Crippen molar-refractivity contribution in [2.45, 2.75) is 30.1 Å². The number of aryl methyl sites for hydroxylation is 1. The van der Waals surface area contributed by atoms with Crippen molar-refractivity contribution in [3.05, 3.63) is 32.6 Å². The van der Waals surface area contributed by atoms with Gasteiger partial charge in [-0.15, -0.1) is 11.8 Å². The molecule has 0 saturated carbocycles. The molecule has 0 amide bonds. The summed E-state index contributed by atoms with van der Waals surface area (Å²) < 4.78 is 1.40. The Kier molecular flexibility index (Phi) is 3.41. The average molecular weight is 258 g/mol. The Labute approximate surface area is 101 Å². The van der Waals surface area contributed by atoms with E-state index in [1.807, 2.05) is 0 Å². The number of nitrogens with one attached hydrogen (secondary N) is 1. The first kappa shape index (κ1) is 12.4. The Hall–Kier alpha value is -1.05. The Morgan fingerprint density at radius 2 is 2.29 bits per heavy atom. The van der Waals surface area contributed by atoms with Gasteiger partial charge in [-0.3, -0.25) is 14.3 Å². The van der Waals surface area contributed by atoms with Gasteiger partial charge in [0.1, 0.15) is 0 Å². The number of hydrogen-bond donors (Lipinski definition) is 3. The molecule has 0 aromatic carbocycles. The predicted octanol–water partition coefficient (Wildman–Crippen LogP) is -0.798. The van der Waals surface area contributed by atoms with Gasteiger partial charge in [0.15, 0.2) is 0 Å². The Morgan fingerprint density at radius 3 is 2.88 bits per heavy atom. The van der Waals surface area contributed by atoms with E-state index in [1.54, 1.807) is 6.92 Å². The van der Waals surface area contributed by atoms with Crippen molar-refractivity contribution < 1.29 is 10.2 Å². The number of H-pyrrole nitrogens is 1. The van der Waals surface area contributed by atoms with Crippen molar-refractivity contribution in [3.63, 3.8) is 0 Å². The van der Waals surface area contributed by atoms with Gasteiger partial charge in [-0.25, -0.2) is 4.79 Å². The third kappa shape index (κ3) is 2.31. The largest absolute Gasteiger partial charge is 0.395 e. The van der Waals surface area contributed by atoms with E-state index in [2.05, 4.69) is 4.98 Å². The second-order valence-corrected chi connectivity index (χ2v) is 5.52. The molecule has 1 aromatic rings. The molecule has 3 atom stereocenters. The van der Waals surface area contributed by atoms with Gasteiger partial charge in [-0.1, -0.05) is 0 Å². The fraction of sp³-hybridized carbons (Fsp3) is 0.600. The third-order valence-electron chi connectivity index (χ3n) is 2.84. The summed E-state index contributed by atoms with van der Waals surface area (Å²) in [5, 5.41) is 18.2. The highest BCUT2D eigenvalue weighted by Crippen LogP contribution is 2.40. The molecule has 17 heavy (non-hydrogen) atoms. The van der Waals surface area contributed by atoms with Crippen LogP contribution < -0.4 is 11.2 Å². The lowest BCUT2D eigenvalue weighted by Gasteiger charge is -2.13. The molecule has 1 aliphatic heterocycles. The Bertz CT molecular complexity index is 524. The maximum Gasteiger partial charge on any atom is 0.329 e. The summed E-state index contributed by atoms with van der Waals surface area (Å²) in [4.78, 5) is 25.1. The minimum Gasteiger partial charge on any atom is -0.395 e. The zero-order valence-corrected chi connectivity index (χ0v) is 10.1. The number of rotatable bonds is 2. The van der Waals surface area contributed by atoms with Gasteiger partial charge in [-0.2, -0.15) is 0 Å². The molecule has 1 aliphatic rings. The molecule has 7 heteroatoms. The van der Waals surface area contributed by atoms with E-state index in [4.69, 9.17) is 5.11 Å². The lowest BCUT2D eigenvalue weighted by Crippen LogP contribution is -2.32. The highest BCUT2D eigenvalue weighted by molar-refractivity contribution is 8.00. The second kappa shape index (κ2) is 4.67. The smallest absolute Gasteiger partial charge is 0.329 e. The van der Waals surface area contributed by atoms with Gasteiger partial charge in [0, 0.05) is 18.2 Å². The van der Waals surface area contributed by atoms with Crippen molar-refractivity contribution in [1.29, 1.82) is 0 Å². The summed E-state index contributed by atoms with van der Waals surface area (Å²) in [5.74, 6) is 0. The number of nitrogens with zero attached hydrogens (tertiary/aromatic N) is 1.